The minimum absolute atomic E-state index is 0.461. The van der Waals surface area contributed by atoms with Crippen LogP contribution in [0.1, 0.15) is 0 Å². The predicted molar refractivity (Wildman–Crippen MR) is 20.1 cm³/mol. The number of nitrogens with zero attached hydrogens (tertiary/aromatic N) is 1. The van der Waals surface area contributed by atoms with Crippen molar-refractivity contribution >= 4 is 16.8 Å². The fourth-order valence-electron chi connectivity index (χ4n) is 0.0430. The van der Waals surface area contributed by atoms with Crippen molar-refractivity contribution < 1.29 is 8.42 Å². The summed E-state index contributed by atoms with van der Waals surface area (Å²) in [4.78, 5) is 0. The van der Waals surface area contributed by atoms with Gasteiger partial charge in [-0.05, 0) is 0 Å². The van der Waals surface area contributed by atoms with Crippen molar-refractivity contribution in [2.45, 2.75) is 0 Å². The zero-order chi connectivity index (χ0) is 4.99. The molecule has 0 spiro atoms. The van der Waals surface area contributed by atoms with Gasteiger partial charge < -0.3 is 0 Å². The van der Waals surface area contributed by atoms with E-state index in [2.05, 4.69) is 4.36 Å². The lowest BCUT2D eigenvalue weighted by Gasteiger charge is -1.47. The molecule has 6 heavy (non-hydrogen) atoms. The third-order valence-corrected chi connectivity index (χ3v) is 0.416. The maximum absolute atomic E-state index is 9.28. The number of hydrogen-bond donors (Lipinski definition) is 1. The van der Waals surface area contributed by atoms with Gasteiger partial charge in [-0.3, -0.25) is 5.41 Å². The number of rotatable bonds is 1. The van der Waals surface area contributed by atoms with Crippen molar-refractivity contribution in [1.82, 2.24) is 0 Å². The molecule has 0 unspecified atom stereocenters. The summed E-state index contributed by atoms with van der Waals surface area (Å²) in [5.74, 6) is 0. The second-order valence-electron chi connectivity index (χ2n) is 0.452. The molecule has 0 saturated heterocycles. The van der Waals surface area contributed by atoms with E-state index in [9.17, 15) is 8.42 Å². The molecule has 0 bridgehead atoms. The summed E-state index contributed by atoms with van der Waals surface area (Å²) in [6.07, 6.45) is 0.461. The summed E-state index contributed by atoms with van der Waals surface area (Å²) in [7, 11) is -2.43. The van der Waals surface area contributed by atoms with Gasteiger partial charge in [0.2, 0.25) is 0 Å². The molecule has 0 aromatic heterocycles. The molecule has 4 nitrogen and oxygen atoms in total. The average molecular weight is 106 g/mol. The van der Waals surface area contributed by atoms with E-state index in [-0.39, 0.29) is 0 Å². The molecule has 0 fully saturated rings. The highest BCUT2D eigenvalue weighted by atomic mass is 32.2. The maximum Gasteiger partial charge on any atom is 0.317 e. The molecule has 0 aliphatic heterocycles. The molecule has 0 aliphatic rings. The van der Waals surface area contributed by atoms with Crippen LogP contribution < -0.4 is 0 Å². The first-order valence-corrected chi connectivity index (χ1v) is 2.09. The van der Waals surface area contributed by atoms with E-state index in [1.807, 2.05) is 0 Å². The standard InChI is InChI=1S/CH2N2O2S/c2-1-3-6(4)5/h1-2H. The monoisotopic (exact) mass is 106 g/mol. The molecule has 34 valence electrons. The molecule has 0 aromatic carbocycles. The minimum Gasteiger partial charge on any atom is -0.288 e. The normalized spacial score (nSPS) is 6.67. The van der Waals surface area contributed by atoms with Crippen LogP contribution in [-0.4, -0.2) is 14.8 Å². The summed E-state index contributed by atoms with van der Waals surface area (Å²) < 4.78 is 21.1. The fraction of sp³-hybridized carbons (Fsp3) is 0. The smallest absolute Gasteiger partial charge is 0.288 e. The summed E-state index contributed by atoms with van der Waals surface area (Å²) in [6.45, 7) is 0. The lowest BCUT2D eigenvalue weighted by Crippen LogP contribution is -1.55. The Hall–Kier alpha value is -0.710. The molecule has 5 heteroatoms. The van der Waals surface area contributed by atoms with Crippen molar-refractivity contribution in [1.29, 1.82) is 5.41 Å². The first kappa shape index (κ1) is 5.29. The molecular weight excluding hydrogens is 104 g/mol. The van der Waals surface area contributed by atoms with E-state index in [0.29, 0.717) is 6.34 Å². The summed E-state index contributed by atoms with van der Waals surface area (Å²) >= 11 is 0. The van der Waals surface area contributed by atoms with Crippen molar-refractivity contribution in [3.05, 3.63) is 0 Å². The molecule has 0 rings (SSSR count). The molecule has 0 radical (unpaired) electrons. The lowest BCUT2D eigenvalue weighted by atomic mass is 11.4. The summed E-state index contributed by atoms with van der Waals surface area (Å²) in [5, 5.41) is 6.05. The Morgan fingerprint density at radius 3 is 2.17 bits per heavy atom. The minimum atomic E-state index is -2.43. The van der Waals surface area contributed by atoms with E-state index in [4.69, 9.17) is 5.41 Å². The molecule has 0 atom stereocenters. The highest BCUT2D eigenvalue weighted by molar-refractivity contribution is 7.62. The van der Waals surface area contributed by atoms with Gasteiger partial charge in [-0.1, -0.05) is 0 Å². The summed E-state index contributed by atoms with van der Waals surface area (Å²) in [6, 6.07) is 0. The van der Waals surface area contributed by atoms with Crippen LogP contribution in [0.3, 0.4) is 0 Å². The van der Waals surface area contributed by atoms with Gasteiger partial charge in [0.25, 0.3) is 0 Å². The van der Waals surface area contributed by atoms with Crippen LogP contribution in [0.2, 0.25) is 0 Å². The van der Waals surface area contributed by atoms with Gasteiger partial charge in [0.15, 0.2) is 0 Å². The summed E-state index contributed by atoms with van der Waals surface area (Å²) in [5.41, 5.74) is 0. The van der Waals surface area contributed by atoms with Gasteiger partial charge in [-0.15, -0.1) is 4.36 Å². The van der Waals surface area contributed by atoms with Crippen LogP contribution in [0.4, 0.5) is 0 Å². The quantitative estimate of drug-likeness (QED) is 0.367. The van der Waals surface area contributed by atoms with E-state index < -0.39 is 10.5 Å². The van der Waals surface area contributed by atoms with E-state index in [0.717, 1.165) is 0 Å². The van der Waals surface area contributed by atoms with Crippen LogP contribution in [0.5, 0.6) is 0 Å². The van der Waals surface area contributed by atoms with Gasteiger partial charge in [0, 0.05) is 0 Å². The van der Waals surface area contributed by atoms with Crippen molar-refractivity contribution in [3.63, 3.8) is 0 Å². The Labute approximate surface area is 36.0 Å². The van der Waals surface area contributed by atoms with Crippen molar-refractivity contribution in [2.75, 3.05) is 0 Å². The van der Waals surface area contributed by atoms with Gasteiger partial charge in [0.1, 0.15) is 6.34 Å². The van der Waals surface area contributed by atoms with Gasteiger partial charge in [-0.2, -0.15) is 8.42 Å². The second kappa shape index (κ2) is 2.52. The first-order chi connectivity index (χ1) is 2.77. The number of hydrogen-bond acceptors (Lipinski definition) is 3. The third kappa shape index (κ3) is 3.29. The van der Waals surface area contributed by atoms with E-state index in [1.165, 1.54) is 0 Å². The SMILES string of the molecule is N=CN=S(=O)=O. The highest BCUT2D eigenvalue weighted by Crippen LogP contribution is 1.46. The van der Waals surface area contributed by atoms with Crippen LogP contribution >= 0.6 is 0 Å². The van der Waals surface area contributed by atoms with Crippen LogP contribution in [0, 0.1) is 5.41 Å². The topological polar surface area (TPSA) is 70.3 Å². The van der Waals surface area contributed by atoms with Gasteiger partial charge >= 0.3 is 10.5 Å². The Morgan fingerprint density at radius 2 is 2.17 bits per heavy atom. The molecule has 0 aliphatic carbocycles. The molecule has 1 N–H and O–H groups in total. The number of nitrogens with one attached hydrogen (secondary N) is 1. The highest BCUT2D eigenvalue weighted by Gasteiger charge is 1.54. The van der Waals surface area contributed by atoms with Crippen molar-refractivity contribution in [2.24, 2.45) is 4.36 Å². The second-order valence-corrected chi connectivity index (χ2v) is 1.10. The van der Waals surface area contributed by atoms with Gasteiger partial charge in [-0.25, -0.2) is 0 Å². The predicted octanol–water partition coefficient (Wildman–Crippen LogP) is -0.344. The first-order valence-electron chi connectivity index (χ1n) is 1.06. The average Bonchev–Trinajstić information content (AvgIpc) is 1.35. The zero-order valence-electron chi connectivity index (χ0n) is 2.75. The fourth-order valence-corrected chi connectivity index (χ4v) is 0.129. The molecule has 0 aromatic rings. The van der Waals surface area contributed by atoms with Gasteiger partial charge in [0.05, 0.1) is 0 Å². The van der Waals surface area contributed by atoms with Crippen LogP contribution in [-0.2, 0) is 10.5 Å². The molecule has 0 amide bonds. The van der Waals surface area contributed by atoms with Crippen LogP contribution in [0.15, 0.2) is 4.36 Å². The molecule has 0 heterocycles. The maximum atomic E-state index is 9.28. The Balaban J connectivity index is 4.17. The Kier molecular flexibility index (Phi) is 2.22. The molecular formula is CH2N2O2S. The zero-order valence-corrected chi connectivity index (χ0v) is 3.57. The lowest BCUT2D eigenvalue weighted by molar-refractivity contribution is 0.623. The Bertz CT molecular complexity index is 146. The Morgan fingerprint density at radius 1 is 1.67 bits per heavy atom. The molecule has 0 saturated carbocycles. The van der Waals surface area contributed by atoms with Crippen molar-refractivity contribution in [3.8, 4) is 0 Å². The largest absolute Gasteiger partial charge is 0.317 e. The van der Waals surface area contributed by atoms with Crippen LogP contribution in [0.25, 0.3) is 0 Å². The third-order valence-electron chi connectivity index (χ3n) is 0.139. The van der Waals surface area contributed by atoms with E-state index >= 15 is 0 Å². The van der Waals surface area contributed by atoms with E-state index in [1.54, 1.807) is 0 Å².